The maximum absolute atomic E-state index is 14.0. The van der Waals surface area contributed by atoms with Crippen molar-refractivity contribution < 1.29 is 0 Å². The van der Waals surface area contributed by atoms with Crippen LogP contribution in [0.15, 0.2) is 64.2 Å². The van der Waals surface area contributed by atoms with Gasteiger partial charge in [0.1, 0.15) is 5.82 Å². The summed E-state index contributed by atoms with van der Waals surface area (Å²) in [7, 11) is 1.63. The van der Waals surface area contributed by atoms with E-state index in [-0.39, 0.29) is 19.1 Å². The predicted molar refractivity (Wildman–Crippen MR) is 156 cm³/mol. The van der Waals surface area contributed by atoms with Gasteiger partial charge in [-0.15, -0.1) is 5.92 Å². The molecule has 1 saturated heterocycles. The Morgan fingerprint density at radius 3 is 2.55 bits per heavy atom. The molecule has 0 spiro atoms. The topological polar surface area (TPSA) is 117 Å². The molecule has 202 valence electrons. The van der Waals surface area contributed by atoms with Gasteiger partial charge in [-0.05, 0) is 25.8 Å². The molecular formula is C30H30N8O2. The van der Waals surface area contributed by atoms with E-state index in [2.05, 4.69) is 16.7 Å². The molecule has 0 radical (unpaired) electrons. The lowest BCUT2D eigenvalue weighted by Gasteiger charge is -2.31. The molecule has 5 aromatic rings. The minimum absolute atomic E-state index is 0.0172. The number of rotatable bonds is 5. The average Bonchev–Trinajstić information content (AvgIpc) is 3.37. The molecule has 0 bridgehead atoms. The molecule has 1 aliphatic rings. The minimum Gasteiger partial charge on any atom is -0.341 e. The number of aromatic nitrogens is 6. The Hall–Kier alpha value is -4.75. The van der Waals surface area contributed by atoms with Crippen LogP contribution in [-0.4, -0.2) is 47.8 Å². The number of imidazole rings is 1. The Morgan fingerprint density at radius 1 is 1.00 bits per heavy atom. The third kappa shape index (κ3) is 4.44. The van der Waals surface area contributed by atoms with Crippen LogP contribution in [0.4, 0.5) is 5.95 Å². The Kier molecular flexibility index (Phi) is 6.66. The number of nitrogens with two attached hydrogens (primary N) is 1. The number of para-hydroxylation sites is 1. The summed E-state index contributed by atoms with van der Waals surface area (Å²) in [6.07, 6.45) is 1.86. The lowest BCUT2D eigenvalue weighted by molar-refractivity contribution is 0.496. The third-order valence-electron chi connectivity index (χ3n) is 7.36. The molecule has 4 heterocycles. The van der Waals surface area contributed by atoms with E-state index in [4.69, 9.17) is 20.7 Å². The number of benzene rings is 2. The van der Waals surface area contributed by atoms with Crippen molar-refractivity contribution in [1.29, 1.82) is 0 Å². The first-order valence-corrected chi connectivity index (χ1v) is 13.4. The van der Waals surface area contributed by atoms with Gasteiger partial charge < -0.3 is 10.6 Å². The van der Waals surface area contributed by atoms with E-state index < -0.39 is 11.2 Å². The van der Waals surface area contributed by atoms with E-state index in [1.54, 1.807) is 18.5 Å². The highest BCUT2D eigenvalue weighted by Gasteiger charge is 2.26. The van der Waals surface area contributed by atoms with Crippen molar-refractivity contribution in [2.45, 2.75) is 38.9 Å². The van der Waals surface area contributed by atoms with E-state index in [1.165, 1.54) is 9.13 Å². The van der Waals surface area contributed by atoms with E-state index >= 15 is 0 Å². The van der Waals surface area contributed by atoms with Crippen molar-refractivity contribution in [3.05, 3.63) is 81.3 Å². The van der Waals surface area contributed by atoms with Gasteiger partial charge in [0.25, 0.3) is 5.56 Å². The third-order valence-corrected chi connectivity index (χ3v) is 7.36. The molecule has 10 nitrogen and oxygen atoms in total. The van der Waals surface area contributed by atoms with Gasteiger partial charge in [0.05, 0.1) is 24.3 Å². The van der Waals surface area contributed by atoms with Crippen molar-refractivity contribution in [3.8, 4) is 23.1 Å². The molecule has 2 aromatic carbocycles. The number of hydrogen-bond acceptors (Lipinski definition) is 7. The van der Waals surface area contributed by atoms with E-state index in [0.717, 1.165) is 41.5 Å². The van der Waals surface area contributed by atoms with Crippen molar-refractivity contribution in [2.24, 2.45) is 12.8 Å². The summed E-state index contributed by atoms with van der Waals surface area (Å²) in [4.78, 5) is 44.0. The first-order valence-electron chi connectivity index (χ1n) is 13.4. The molecule has 1 aliphatic heterocycles. The van der Waals surface area contributed by atoms with Crippen molar-refractivity contribution in [1.82, 2.24) is 28.7 Å². The highest BCUT2D eigenvalue weighted by Crippen LogP contribution is 2.26. The Bertz CT molecular complexity index is 1910. The summed E-state index contributed by atoms with van der Waals surface area (Å²) < 4.78 is 4.41. The molecule has 1 atom stereocenters. The maximum Gasteiger partial charge on any atom is 0.332 e. The smallest absolute Gasteiger partial charge is 0.332 e. The first-order chi connectivity index (χ1) is 19.5. The number of anilines is 1. The van der Waals surface area contributed by atoms with Crippen molar-refractivity contribution in [2.75, 3.05) is 18.0 Å². The fraction of sp³-hybridized carbons (Fsp3) is 0.300. The lowest BCUT2D eigenvalue weighted by Crippen LogP contribution is -2.44. The predicted octanol–water partition coefficient (Wildman–Crippen LogP) is 2.51. The second-order valence-corrected chi connectivity index (χ2v) is 10.0. The van der Waals surface area contributed by atoms with E-state index in [0.29, 0.717) is 29.5 Å². The zero-order chi connectivity index (χ0) is 27.8. The van der Waals surface area contributed by atoms with Gasteiger partial charge >= 0.3 is 5.69 Å². The minimum atomic E-state index is -0.483. The second-order valence-electron chi connectivity index (χ2n) is 10.0. The molecule has 3 aromatic heterocycles. The molecule has 0 saturated carbocycles. The van der Waals surface area contributed by atoms with Gasteiger partial charge in [0, 0.05) is 37.1 Å². The van der Waals surface area contributed by atoms with Crippen LogP contribution < -0.4 is 21.9 Å². The maximum atomic E-state index is 14.0. The summed E-state index contributed by atoms with van der Waals surface area (Å²) in [5.41, 5.74) is 8.38. The van der Waals surface area contributed by atoms with Gasteiger partial charge in [0.2, 0.25) is 5.95 Å². The van der Waals surface area contributed by atoms with Crippen LogP contribution in [0.1, 0.15) is 25.6 Å². The Balaban J connectivity index is 1.53. The molecule has 1 fully saturated rings. The van der Waals surface area contributed by atoms with Crippen LogP contribution in [0, 0.1) is 11.8 Å². The first kappa shape index (κ1) is 25.5. The number of fused-ring (bicyclic) bond motifs is 2. The average molecular weight is 535 g/mol. The normalized spacial score (nSPS) is 15.4. The van der Waals surface area contributed by atoms with Crippen LogP contribution in [-0.2, 0) is 20.1 Å². The SMILES string of the molecule is CC#CCn1c(N2CCC[C@H](N)C2)nc2c1c(=O)n(Cc1nc(-c3ccccc3)c3ccccc3n1)c(=O)n2C. The lowest BCUT2D eigenvalue weighted by atomic mass is 10.1. The summed E-state index contributed by atoms with van der Waals surface area (Å²) >= 11 is 0. The fourth-order valence-electron chi connectivity index (χ4n) is 5.39. The van der Waals surface area contributed by atoms with E-state index in [1.807, 2.05) is 54.6 Å². The van der Waals surface area contributed by atoms with E-state index in [9.17, 15) is 9.59 Å². The summed E-state index contributed by atoms with van der Waals surface area (Å²) in [5, 5.41) is 0.897. The van der Waals surface area contributed by atoms with Crippen molar-refractivity contribution >= 4 is 28.0 Å². The van der Waals surface area contributed by atoms with Gasteiger partial charge in [-0.2, -0.15) is 4.98 Å². The molecule has 0 unspecified atom stereocenters. The monoisotopic (exact) mass is 534 g/mol. The van der Waals surface area contributed by atoms with Crippen LogP contribution >= 0.6 is 0 Å². The van der Waals surface area contributed by atoms with Gasteiger partial charge in [-0.25, -0.2) is 14.8 Å². The molecule has 10 heteroatoms. The van der Waals surface area contributed by atoms with Crippen LogP contribution in [0.2, 0.25) is 0 Å². The number of nitrogens with zero attached hydrogens (tertiary/aromatic N) is 7. The van der Waals surface area contributed by atoms with Crippen LogP contribution in [0.5, 0.6) is 0 Å². The second kappa shape index (κ2) is 10.4. The van der Waals surface area contributed by atoms with Gasteiger partial charge in [-0.1, -0.05) is 54.5 Å². The molecule has 6 rings (SSSR count). The van der Waals surface area contributed by atoms with Crippen molar-refractivity contribution in [3.63, 3.8) is 0 Å². The largest absolute Gasteiger partial charge is 0.341 e. The molecule has 40 heavy (non-hydrogen) atoms. The number of aryl methyl sites for hydroxylation is 1. The summed E-state index contributed by atoms with van der Waals surface area (Å²) in [6.45, 7) is 3.34. The Labute approximate surface area is 230 Å². The number of hydrogen-bond donors (Lipinski definition) is 1. The summed E-state index contributed by atoms with van der Waals surface area (Å²) in [5.74, 6) is 6.95. The zero-order valence-electron chi connectivity index (χ0n) is 22.5. The zero-order valence-corrected chi connectivity index (χ0v) is 22.5. The molecule has 0 aliphatic carbocycles. The highest BCUT2D eigenvalue weighted by atomic mass is 16.2. The highest BCUT2D eigenvalue weighted by molar-refractivity contribution is 5.92. The van der Waals surface area contributed by atoms with Gasteiger partial charge in [-0.3, -0.25) is 18.5 Å². The molecular weight excluding hydrogens is 504 g/mol. The number of piperidine rings is 1. The standard InChI is InChI=1S/C30H30N8O2/c1-3-4-17-37-26-27(34-29(37)36-16-10-13-21(31)18-36)35(2)30(40)38(28(26)39)19-24-32-23-15-9-8-14-22(23)25(33-24)20-11-6-5-7-12-20/h5-9,11-12,14-15,21H,10,13,16-19,31H2,1-2H3/t21-/m0/s1. The Morgan fingerprint density at radius 2 is 1.77 bits per heavy atom. The summed E-state index contributed by atoms with van der Waals surface area (Å²) in [6, 6.07) is 17.6. The fourth-order valence-corrected chi connectivity index (χ4v) is 5.39. The molecule has 2 N–H and O–H groups in total. The van der Waals surface area contributed by atoms with Crippen LogP contribution in [0.3, 0.4) is 0 Å². The van der Waals surface area contributed by atoms with Gasteiger partial charge in [0.15, 0.2) is 11.2 Å². The molecule has 0 amide bonds. The quantitative estimate of drug-likeness (QED) is 0.344. The van der Waals surface area contributed by atoms with Crippen LogP contribution in [0.25, 0.3) is 33.3 Å².